The summed E-state index contributed by atoms with van der Waals surface area (Å²) in [4.78, 5) is 1.87. The maximum absolute atomic E-state index is 12.0. The first kappa shape index (κ1) is 11.8. The third kappa shape index (κ3) is 4.28. The molecular formula is C9H17F3N2. The molecule has 0 bridgehead atoms. The monoisotopic (exact) mass is 210 g/mol. The first-order valence-corrected chi connectivity index (χ1v) is 4.92. The van der Waals surface area contributed by atoms with Gasteiger partial charge in [0.25, 0.3) is 0 Å². The molecular weight excluding hydrogens is 193 g/mol. The van der Waals surface area contributed by atoms with Crippen LogP contribution >= 0.6 is 0 Å². The molecule has 0 aliphatic carbocycles. The van der Waals surface area contributed by atoms with Crippen LogP contribution in [0.25, 0.3) is 0 Å². The van der Waals surface area contributed by atoms with Crippen molar-refractivity contribution in [2.75, 3.05) is 19.6 Å². The number of hydrogen-bond donors (Lipinski definition) is 1. The summed E-state index contributed by atoms with van der Waals surface area (Å²) >= 11 is 0. The average Bonchev–Trinajstić information content (AvgIpc) is 1.97. The van der Waals surface area contributed by atoms with Crippen molar-refractivity contribution in [3.8, 4) is 0 Å². The molecule has 1 aliphatic rings. The molecule has 1 heterocycles. The summed E-state index contributed by atoms with van der Waals surface area (Å²) in [5.74, 6) is 0. The van der Waals surface area contributed by atoms with Gasteiger partial charge in [0.1, 0.15) is 0 Å². The lowest BCUT2D eigenvalue weighted by Gasteiger charge is -2.36. The highest BCUT2D eigenvalue weighted by Crippen LogP contribution is 2.20. The van der Waals surface area contributed by atoms with Gasteiger partial charge in [0, 0.05) is 31.7 Å². The van der Waals surface area contributed by atoms with Gasteiger partial charge in [-0.2, -0.15) is 13.2 Å². The van der Waals surface area contributed by atoms with Gasteiger partial charge in [-0.3, -0.25) is 4.90 Å². The minimum atomic E-state index is -4.03. The summed E-state index contributed by atoms with van der Waals surface area (Å²) in [5.41, 5.74) is 0. The zero-order chi connectivity index (χ0) is 10.8. The van der Waals surface area contributed by atoms with E-state index in [0.29, 0.717) is 13.1 Å². The molecule has 1 rings (SSSR count). The lowest BCUT2D eigenvalue weighted by Crippen LogP contribution is -2.54. The molecule has 0 radical (unpaired) electrons. The lowest BCUT2D eigenvalue weighted by atomic mass is 10.1. The second-order valence-electron chi connectivity index (χ2n) is 4.09. The van der Waals surface area contributed by atoms with Gasteiger partial charge in [-0.15, -0.1) is 0 Å². The van der Waals surface area contributed by atoms with Gasteiger partial charge in [-0.05, 0) is 13.8 Å². The van der Waals surface area contributed by atoms with Crippen LogP contribution in [-0.2, 0) is 0 Å². The van der Waals surface area contributed by atoms with Crippen molar-refractivity contribution in [1.82, 2.24) is 10.2 Å². The molecule has 1 aliphatic heterocycles. The number of rotatable bonds is 2. The van der Waals surface area contributed by atoms with E-state index in [1.807, 2.05) is 18.7 Å². The molecule has 5 heteroatoms. The standard InChI is InChI=1S/C9H17F3N2/c1-7-5-14(6-8(2)13-7)4-3-9(10,11)12/h7-8,13H,3-6H2,1-2H3. The molecule has 1 fully saturated rings. The zero-order valence-electron chi connectivity index (χ0n) is 8.56. The van der Waals surface area contributed by atoms with Gasteiger partial charge < -0.3 is 5.32 Å². The van der Waals surface area contributed by atoms with Crippen LogP contribution in [0.4, 0.5) is 13.2 Å². The topological polar surface area (TPSA) is 15.3 Å². The summed E-state index contributed by atoms with van der Waals surface area (Å²) in [6.45, 7) is 5.53. The highest BCUT2D eigenvalue weighted by molar-refractivity contribution is 4.81. The summed E-state index contributed by atoms with van der Waals surface area (Å²) in [7, 11) is 0. The van der Waals surface area contributed by atoms with Crippen molar-refractivity contribution in [1.29, 1.82) is 0 Å². The summed E-state index contributed by atoms with van der Waals surface area (Å²) in [6.07, 6.45) is -4.73. The van der Waals surface area contributed by atoms with E-state index in [-0.39, 0.29) is 18.6 Å². The molecule has 14 heavy (non-hydrogen) atoms. The van der Waals surface area contributed by atoms with Crippen molar-refractivity contribution < 1.29 is 13.2 Å². The van der Waals surface area contributed by atoms with Crippen molar-refractivity contribution in [3.63, 3.8) is 0 Å². The van der Waals surface area contributed by atoms with Crippen LogP contribution in [0.2, 0.25) is 0 Å². The maximum atomic E-state index is 12.0. The van der Waals surface area contributed by atoms with Crippen molar-refractivity contribution >= 4 is 0 Å². The van der Waals surface area contributed by atoms with Crippen LogP contribution in [0.1, 0.15) is 20.3 Å². The van der Waals surface area contributed by atoms with Gasteiger partial charge in [0.15, 0.2) is 0 Å². The van der Waals surface area contributed by atoms with E-state index in [0.717, 1.165) is 0 Å². The molecule has 0 spiro atoms. The Kier molecular flexibility index (Phi) is 3.78. The number of halogens is 3. The van der Waals surface area contributed by atoms with Crippen LogP contribution < -0.4 is 5.32 Å². The Morgan fingerprint density at radius 3 is 2.14 bits per heavy atom. The third-order valence-electron chi connectivity index (χ3n) is 2.34. The third-order valence-corrected chi connectivity index (χ3v) is 2.34. The van der Waals surface area contributed by atoms with Crippen LogP contribution in [0, 0.1) is 0 Å². The normalized spacial score (nSPS) is 30.6. The van der Waals surface area contributed by atoms with Crippen LogP contribution in [0.5, 0.6) is 0 Å². The van der Waals surface area contributed by atoms with Gasteiger partial charge in [-0.25, -0.2) is 0 Å². The molecule has 0 aromatic heterocycles. The number of alkyl halides is 3. The van der Waals surface area contributed by atoms with E-state index in [1.165, 1.54) is 0 Å². The van der Waals surface area contributed by atoms with Crippen LogP contribution in [-0.4, -0.2) is 42.8 Å². The molecule has 0 aromatic rings. The largest absolute Gasteiger partial charge is 0.390 e. The van der Waals surface area contributed by atoms with Crippen molar-refractivity contribution in [2.24, 2.45) is 0 Å². The fraction of sp³-hybridized carbons (Fsp3) is 1.00. The van der Waals surface area contributed by atoms with Crippen molar-refractivity contribution in [2.45, 2.75) is 38.5 Å². The van der Waals surface area contributed by atoms with Gasteiger partial charge in [-0.1, -0.05) is 0 Å². The van der Waals surface area contributed by atoms with Gasteiger partial charge >= 0.3 is 6.18 Å². The van der Waals surface area contributed by atoms with E-state index in [4.69, 9.17) is 0 Å². The van der Waals surface area contributed by atoms with E-state index < -0.39 is 12.6 Å². The summed E-state index contributed by atoms with van der Waals surface area (Å²) in [5, 5.41) is 3.28. The maximum Gasteiger partial charge on any atom is 0.390 e. The Labute approximate surface area is 82.5 Å². The first-order chi connectivity index (χ1) is 6.37. The quantitative estimate of drug-likeness (QED) is 0.745. The summed E-state index contributed by atoms with van der Waals surface area (Å²) in [6, 6.07) is 0.568. The highest BCUT2D eigenvalue weighted by Gasteiger charge is 2.29. The molecule has 2 atom stereocenters. The number of hydrogen-bond acceptors (Lipinski definition) is 2. The molecule has 1 N–H and O–H groups in total. The molecule has 0 aromatic carbocycles. The smallest absolute Gasteiger partial charge is 0.309 e. The predicted octanol–water partition coefficient (Wildman–Crippen LogP) is 1.62. The Morgan fingerprint density at radius 1 is 1.21 bits per heavy atom. The van der Waals surface area contributed by atoms with Gasteiger partial charge in [0.05, 0.1) is 6.42 Å². The van der Waals surface area contributed by atoms with Crippen LogP contribution in [0.3, 0.4) is 0 Å². The number of piperazine rings is 1. The Morgan fingerprint density at radius 2 is 1.71 bits per heavy atom. The minimum absolute atomic E-state index is 0.125. The average molecular weight is 210 g/mol. The Balaban J connectivity index is 2.30. The Bertz CT molecular complexity index is 171. The number of nitrogens with zero attached hydrogens (tertiary/aromatic N) is 1. The fourth-order valence-corrected chi connectivity index (χ4v) is 1.91. The number of nitrogens with one attached hydrogen (secondary N) is 1. The second kappa shape index (κ2) is 4.49. The van der Waals surface area contributed by atoms with E-state index in [2.05, 4.69) is 5.32 Å². The lowest BCUT2D eigenvalue weighted by molar-refractivity contribution is -0.138. The Hall–Kier alpha value is -0.290. The summed E-state index contributed by atoms with van der Waals surface area (Å²) < 4.78 is 35.9. The molecule has 1 saturated heterocycles. The molecule has 84 valence electrons. The zero-order valence-corrected chi connectivity index (χ0v) is 8.56. The highest BCUT2D eigenvalue weighted by atomic mass is 19.4. The van der Waals surface area contributed by atoms with Crippen molar-refractivity contribution in [3.05, 3.63) is 0 Å². The molecule has 2 nitrogen and oxygen atoms in total. The van der Waals surface area contributed by atoms with Gasteiger partial charge in [0.2, 0.25) is 0 Å². The fourth-order valence-electron chi connectivity index (χ4n) is 1.91. The second-order valence-corrected chi connectivity index (χ2v) is 4.09. The SMILES string of the molecule is CC1CN(CCC(F)(F)F)CC(C)N1. The van der Waals surface area contributed by atoms with E-state index in [1.54, 1.807) is 0 Å². The van der Waals surface area contributed by atoms with Crippen LogP contribution in [0.15, 0.2) is 0 Å². The molecule has 0 amide bonds. The molecule has 0 saturated carbocycles. The first-order valence-electron chi connectivity index (χ1n) is 4.92. The predicted molar refractivity (Wildman–Crippen MR) is 49.2 cm³/mol. The molecule has 2 unspecified atom stereocenters. The van der Waals surface area contributed by atoms with E-state index in [9.17, 15) is 13.2 Å². The minimum Gasteiger partial charge on any atom is -0.309 e. The van der Waals surface area contributed by atoms with E-state index >= 15 is 0 Å².